The number of anilines is 1. The summed E-state index contributed by atoms with van der Waals surface area (Å²) in [7, 11) is 0. The number of amides is 2. The van der Waals surface area contributed by atoms with Crippen molar-refractivity contribution in [2.45, 2.75) is 40.7 Å². The number of carbonyl (C=O) groups excluding carboxylic acids is 3. The molecule has 2 rings (SSSR count). The molecule has 0 bridgehead atoms. The van der Waals surface area contributed by atoms with Gasteiger partial charge in [-0.2, -0.15) is 0 Å². The van der Waals surface area contributed by atoms with Gasteiger partial charge in [-0.3, -0.25) is 9.59 Å². The number of ether oxygens (including phenoxy) is 1. The molecule has 1 aromatic heterocycles. The summed E-state index contributed by atoms with van der Waals surface area (Å²) in [5.41, 5.74) is 1.64. The Morgan fingerprint density at radius 2 is 1.71 bits per heavy atom. The van der Waals surface area contributed by atoms with Crippen LogP contribution in [0.1, 0.15) is 53.2 Å². The summed E-state index contributed by atoms with van der Waals surface area (Å²) >= 11 is 1.32. The lowest BCUT2D eigenvalue weighted by molar-refractivity contribution is -0.140. The van der Waals surface area contributed by atoms with E-state index < -0.39 is 12.1 Å². The molecule has 0 radical (unpaired) electrons. The molecule has 2 amide bonds. The van der Waals surface area contributed by atoms with Gasteiger partial charge in [0.2, 0.25) is 12.0 Å². The van der Waals surface area contributed by atoms with E-state index in [2.05, 4.69) is 5.32 Å². The highest BCUT2D eigenvalue weighted by Gasteiger charge is 2.31. The third-order valence-corrected chi connectivity index (χ3v) is 5.63. The minimum absolute atomic E-state index is 0.268. The van der Waals surface area contributed by atoms with E-state index in [0.29, 0.717) is 29.2 Å². The minimum atomic E-state index is -1.04. The summed E-state index contributed by atoms with van der Waals surface area (Å²) in [6, 6.07) is 8.97. The predicted octanol–water partition coefficient (Wildman–Crippen LogP) is 4.09. The number of hydrogen-bond acceptors (Lipinski definition) is 5. The zero-order chi connectivity index (χ0) is 20.8. The van der Waals surface area contributed by atoms with Crippen molar-refractivity contribution >= 4 is 34.1 Å². The topological polar surface area (TPSA) is 75.7 Å². The molecule has 6 nitrogen and oxygen atoms in total. The first-order valence-electron chi connectivity index (χ1n) is 9.22. The average Bonchev–Trinajstić information content (AvgIpc) is 2.94. The Morgan fingerprint density at radius 3 is 2.25 bits per heavy atom. The van der Waals surface area contributed by atoms with Gasteiger partial charge in [0.1, 0.15) is 5.00 Å². The van der Waals surface area contributed by atoms with Crippen molar-refractivity contribution in [1.29, 1.82) is 0 Å². The first-order valence-corrected chi connectivity index (χ1v) is 10.0. The number of rotatable bonds is 7. The van der Waals surface area contributed by atoms with Crippen molar-refractivity contribution < 1.29 is 19.1 Å². The van der Waals surface area contributed by atoms with Crippen LogP contribution in [0, 0.1) is 13.8 Å². The molecule has 7 heteroatoms. The minimum Gasteiger partial charge on any atom is -0.444 e. The second-order valence-corrected chi connectivity index (χ2v) is 7.60. The maximum Gasteiger partial charge on any atom is 0.342 e. The van der Waals surface area contributed by atoms with Gasteiger partial charge in [0.05, 0.1) is 5.56 Å². The Labute approximate surface area is 169 Å². The highest BCUT2D eigenvalue weighted by Crippen LogP contribution is 2.34. The van der Waals surface area contributed by atoms with E-state index in [0.717, 1.165) is 10.4 Å². The van der Waals surface area contributed by atoms with Crippen molar-refractivity contribution in [3.8, 4) is 0 Å². The average molecular weight is 403 g/mol. The van der Waals surface area contributed by atoms with E-state index in [1.165, 1.54) is 18.3 Å². The summed E-state index contributed by atoms with van der Waals surface area (Å²) in [6.07, 6.45) is -1.04. The first-order chi connectivity index (χ1) is 13.3. The Kier molecular flexibility index (Phi) is 7.34. The van der Waals surface area contributed by atoms with Crippen LogP contribution in [0.5, 0.6) is 0 Å². The normalized spacial score (nSPS) is 11.6. The number of esters is 1. The molecule has 1 atom stereocenters. The molecule has 150 valence electrons. The largest absolute Gasteiger partial charge is 0.444 e. The fraction of sp³-hybridized carbons (Fsp3) is 0.381. The van der Waals surface area contributed by atoms with Crippen LogP contribution in [0.15, 0.2) is 30.3 Å². The van der Waals surface area contributed by atoms with Crippen LogP contribution in [0.25, 0.3) is 0 Å². The number of nitrogens with one attached hydrogen (secondary N) is 1. The Hall–Kier alpha value is -2.67. The number of carbonyl (C=O) groups is 3. The van der Waals surface area contributed by atoms with Gasteiger partial charge in [-0.15, -0.1) is 11.3 Å². The van der Waals surface area contributed by atoms with Gasteiger partial charge < -0.3 is 15.0 Å². The fourth-order valence-electron chi connectivity index (χ4n) is 2.88. The quantitative estimate of drug-likeness (QED) is 0.708. The molecule has 0 saturated heterocycles. The molecule has 0 aliphatic carbocycles. The smallest absolute Gasteiger partial charge is 0.342 e. The fourth-order valence-corrected chi connectivity index (χ4v) is 3.97. The van der Waals surface area contributed by atoms with Gasteiger partial charge in [-0.1, -0.05) is 30.3 Å². The summed E-state index contributed by atoms with van der Waals surface area (Å²) in [5, 5.41) is 3.13. The highest BCUT2D eigenvalue weighted by molar-refractivity contribution is 7.16. The molecular formula is C21H26N2O4S. The van der Waals surface area contributed by atoms with Gasteiger partial charge in [-0.05, 0) is 33.3 Å². The molecule has 1 aromatic carbocycles. The van der Waals surface area contributed by atoms with E-state index in [-0.39, 0.29) is 11.8 Å². The van der Waals surface area contributed by atoms with Crippen molar-refractivity contribution in [2.75, 3.05) is 18.4 Å². The van der Waals surface area contributed by atoms with Crippen LogP contribution in [0.4, 0.5) is 5.00 Å². The summed E-state index contributed by atoms with van der Waals surface area (Å²) in [4.78, 5) is 40.1. The summed E-state index contributed by atoms with van der Waals surface area (Å²) < 4.78 is 5.71. The van der Waals surface area contributed by atoms with Crippen molar-refractivity contribution in [1.82, 2.24) is 4.90 Å². The van der Waals surface area contributed by atoms with Crippen LogP contribution >= 0.6 is 11.3 Å². The predicted molar refractivity (Wildman–Crippen MR) is 111 cm³/mol. The first kappa shape index (κ1) is 21.6. The lowest BCUT2D eigenvalue weighted by atomic mass is 10.1. The van der Waals surface area contributed by atoms with E-state index in [1.807, 2.05) is 26.8 Å². The van der Waals surface area contributed by atoms with E-state index in [1.54, 1.807) is 36.1 Å². The van der Waals surface area contributed by atoms with Crippen LogP contribution < -0.4 is 5.32 Å². The van der Waals surface area contributed by atoms with Gasteiger partial charge >= 0.3 is 5.97 Å². The second kappa shape index (κ2) is 9.50. The number of benzene rings is 1. The van der Waals surface area contributed by atoms with Crippen molar-refractivity contribution in [3.63, 3.8) is 0 Å². The SMILES string of the molecule is CCN(CC)C(=O)[C@H](OC(=O)c1c(NC(C)=O)sc(C)c1C)c1ccccc1. The van der Waals surface area contributed by atoms with E-state index >= 15 is 0 Å². The van der Waals surface area contributed by atoms with Crippen molar-refractivity contribution in [3.05, 3.63) is 51.9 Å². The highest BCUT2D eigenvalue weighted by atomic mass is 32.1. The van der Waals surface area contributed by atoms with Crippen LogP contribution in [0.3, 0.4) is 0 Å². The molecule has 0 fully saturated rings. The molecule has 0 unspecified atom stereocenters. The lowest BCUT2D eigenvalue weighted by Crippen LogP contribution is -2.36. The van der Waals surface area contributed by atoms with E-state index in [9.17, 15) is 14.4 Å². The molecule has 0 spiro atoms. The van der Waals surface area contributed by atoms with Crippen LogP contribution in [-0.4, -0.2) is 35.8 Å². The van der Waals surface area contributed by atoms with Gasteiger partial charge in [0.25, 0.3) is 5.91 Å². The standard InChI is InChI=1S/C21H26N2O4S/c1-6-23(7-2)20(25)18(16-11-9-8-10-12-16)27-21(26)17-13(3)14(4)28-19(17)22-15(5)24/h8-12,18H,6-7H2,1-5H3,(H,22,24)/t18-/m1/s1. The maximum absolute atomic E-state index is 13.0. The number of hydrogen-bond donors (Lipinski definition) is 1. The molecule has 1 heterocycles. The zero-order valence-corrected chi connectivity index (χ0v) is 17.7. The monoisotopic (exact) mass is 402 g/mol. The number of aryl methyl sites for hydroxylation is 1. The molecule has 2 aromatic rings. The third kappa shape index (κ3) is 4.78. The number of thiophene rings is 1. The summed E-state index contributed by atoms with van der Waals surface area (Å²) in [5.74, 6) is -1.16. The molecule has 0 aliphatic heterocycles. The Bertz CT molecular complexity index is 857. The van der Waals surface area contributed by atoms with Gasteiger partial charge in [0.15, 0.2) is 0 Å². The number of nitrogens with zero attached hydrogens (tertiary/aromatic N) is 1. The third-order valence-electron chi connectivity index (χ3n) is 4.51. The molecule has 0 aliphatic rings. The number of likely N-dealkylation sites (N-methyl/N-ethyl adjacent to an activating group) is 1. The second-order valence-electron chi connectivity index (χ2n) is 6.38. The van der Waals surface area contributed by atoms with Crippen LogP contribution in [-0.2, 0) is 14.3 Å². The molecule has 1 N–H and O–H groups in total. The van der Waals surface area contributed by atoms with Crippen LogP contribution in [0.2, 0.25) is 0 Å². The Balaban J connectivity index is 2.41. The zero-order valence-electron chi connectivity index (χ0n) is 16.9. The molecular weight excluding hydrogens is 376 g/mol. The van der Waals surface area contributed by atoms with Gasteiger partial charge in [0, 0.05) is 30.5 Å². The lowest BCUT2D eigenvalue weighted by Gasteiger charge is -2.25. The van der Waals surface area contributed by atoms with Crippen molar-refractivity contribution in [2.24, 2.45) is 0 Å². The molecule has 28 heavy (non-hydrogen) atoms. The Morgan fingerprint density at radius 1 is 1.11 bits per heavy atom. The summed E-state index contributed by atoms with van der Waals surface area (Å²) in [6.45, 7) is 9.86. The van der Waals surface area contributed by atoms with E-state index in [4.69, 9.17) is 4.74 Å². The molecule has 0 saturated carbocycles. The maximum atomic E-state index is 13.0. The van der Waals surface area contributed by atoms with Gasteiger partial charge in [-0.25, -0.2) is 4.79 Å².